The van der Waals surface area contributed by atoms with E-state index in [0.717, 1.165) is 31.9 Å². The molecule has 1 unspecified atom stereocenters. The molecule has 1 aromatic rings. The third-order valence-electron chi connectivity index (χ3n) is 3.34. The maximum absolute atomic E-state index is 11.7. The van der Waals surface area contributed by atoms with Crippen LogP contribution in [0.4, 0.5) is 11.4 Å². The third kappa shape index (κ3) is 3.68. The summed E-state index contributed by atoms with van der Waals surface area (Å²) in [4.78, 5) is 14.0. The standard InChI is InChI=1S/C14H21N3O2/c1-11(19-2)14(18)16-12-3-5-13(6-4-12)17-9-7-15-8-10-17/h3-6,11,15H,7-10H2,1-2H3,(H,16,18). The number of benzene rings is 1. The Morgan fingerprint density at radius 2 is 1.95 bits per heavy atom. The Morgan fingerprint density at radius 3 is 2.53 bits per heavy atom. The van der Waals surface area contributed by atoms with Crippen molar-refractivity contribution in [3.63, 3.8) is 0 Å². The summed E-state index contributed by atoms with van der Waals surface area (Å²) in [6, 6.07) is 7.94. The van der Waals surface area contributed by atoms with Crippen LogP contribution in [0, 0.1) is 0 Å². The normalized spacial score (nSPS) is 17.1. The largest absolute Gasteiger partial charge is 0.372 e. The van der Waals surface area contributed by atoms with Crippen LogP contribution in [0.15, 0.2) is 24.3 Å². The fourth-order valence-corrected chi connectivity index (χ4v) is 2.03. The Morgan fingerprint density at radius 1 is 1.32 bits per heavy atom. The van der Waals surface area contributed by atoms with E-state index in [1.807, 2.05) is 24.3 Å². The van der Waals surface area contributed by atoms with Gasteiger partial charge in [0.15, 0.2) is 0 Å². The van der Waals surface area contributed by atoms with Gasteiger partial charge in [0, 0.05) is 44.7 Å². The number of carbonyl (C=O) groups excluding carboxylic acids is 1. The van der Waals surface area contributed by atoms with Crippen molar-refractivity contribution >= 4 is 17.3 Å². The van der Waals surface area contributed by atoms with Crippen molar-refractivity contribution in [3.05, 3.63) is 24.3 Å². The summed E-state index contributed by atoms with van der Waals surface area (Å²) in [6.07, 6.45) is -0.437. The quantitative estimate of drug-likeness (QED) is 0.853. The molecule has 1 amide bonds. The molecule has 1 atom stereocenters. The first-order valence-electron chi connectivity index (χ1n) is 6.60. The minimum absolute atomic E-state index is 0.127. The molecule has 0 spiro atoms. The van der Waals surface area contributed by atoms with Crippen molar-refractivity contribution in [3.8, 4) is 0 Å². The highest BCUT2D eigenvalue weighted by Gasteiger charge is 2.13. The van der Waals surface area contributed by atoms with E-state index in [-0.39, 0.29) is 5.91 Å². The van der Waals surface area contributed by atoms with Gasteiger partial charge in [-0.15, -0.1) is 0 Å². The van der Waals surface area contributed by atoms with Gasteiger partial charge in [0.1, 0.15) is 6.10 Å². The molecule has 0 aliphatic carbocycles. The smallest absolute Gasteiger partial charge is 0.253 e. The van der Waals surface area contributed by atoms with Gasteiger partial charge in [-0.05, 0) is 31.2 Å². The molecule has 0 aromatic heterocycles. The van der Waals surface area contributed by atoms with Crippen molar-refractivity contribution in [2.24, 2.45) is 0 Å². The Labute approximate surface area is 113 Å². The maximum Gasteiger partial charge on any atom is 0.253 e. The second-order valence-corrected chi connectivity index (χ2v) is 4.65. The predicted octanol–water partition coefficient (Wildman–Crippen LogP) is 1.07. The zero-order chi connectivity index (χ0) is 13.7. The summed E-state index contributed by atoms with van der Waals surface area (Å²) in [7, 11) is 1.53. The zero-order valence-corrected chi connectivity index (χ0v) is 11.5. The first-order valence-corrected chi connectivity index (χ1v) is 6.60. The Hall–Kier alpha value is -1.59. The van der Waals surface area contributed by atoms with Gasteiger partial charge in [-0.3, -0.25) is 4.79 Å². The highest BCUT2D eigenvalue weighted by Crippen LogP contribution is 2.18. The zero-order valence-electron chi connectivity index (χ0n) is 11.5. The molecule has 5 nitrogen and oxygen atoms in total. The Kier molecular flexibility index (Phi) is 4.76. The molecule has 0 radical (unpaired) electrons. The van der Waals surface area contributed by atoms with Crippen LogP contribution in [0.3, 0.4) is 0 Å². The van der Waals surface area contributed by atoms with Crippen LogP contribution in [-0.2, 0) is 9.53 Å². The summed E-state index contributed by atoms with van der Waals surface area (Å²) in [5.74, 6) is -0.127. The fourth-order valence-electron chi connectivity index (χ4n) is 2.03. The topological polar surface area (TPSA) is 53.6 Å². The number of methoxy groups -OCH3 is 1. The van der Waals surface area contributed by atoms with Crippen LogP contribution in [0.5, 0.6) is 0 Å². The predicted molar refractivity (Wildman–Crippen MR) is 76.6 cm³/mol. The highest BCUT2D eigenvalue weighted by atomic mass is 16.5. The number of hydrogen-bond donors (Lipinski definition) is 2. The number of anilines is 2. The summed E-state index contributed by atoms with van der Waals surface area (Å²) < 4.78 is 4.98. The monoisotopic (exact) mass is 263 g/mol. The van der Waals surface area contributed by atoms with Crippen molar-refractivity contribution in [1.29, 1.82) is 0 Å². The fraction of sp³-hybridized carbons (Fsp3) is 0.500. The van der Waals surface area contributed by atoms with E-state index < -0.39 is 6.10 Å². The van der Waals surface area contributed by atoms with Crippen LogP contribution in [-0.4, -0.2) is 45.3 Å². The minimum atomic E-state index is -0.437. The lowest BCUT2D eigenvalue weighted by Crippen LogP contribution is -2.43. The van der Waals surface area contributed by atoms with Gasteiger partial charge in [-0.25, -0.2) is 0 Å². The van der Waals surface area contributed by atoms with Crippen LogP contribution >= 0.6 is 0 Å². The van der Waals surface area contributed by atoms with Gasteiger partial charge in [0.2, 0.25) is 0 Å². The number of nitrogens with one attached hydrogen (secondary N) is 2. The van der Waals surface area contributed by atoms with Crippen molar-refractivity contribution in [2.45, 2.75) is 13.0 Å². The number of carbonyl (C=O) groups is 1. The summed E-state index contributed by atoms with van der Waals surface area (Å²) in [5.41, 5.74) is 1.99. The van der Waals surface area contributed by atoms with E-state index in [4.69, 9.17) is 4.74 Å². The number of hydrogen-bond acceptors (Lipinski definition) is 4. The van der Waals surface area contributed by atoms with E-state index in [2.05, 4.69) is 15.5 Å². The molecule has 1 saturated heterocycles. The Bertz CT molecular complexity index is 413. The van der Waals surface area contributed by atoms with Gasteiger partial charge >= 0.3 is 0 Å². The van der Waals surface area contributed by atoms with Gasteiger partial charge in [0.05, 0.1) is 0 Å². The summed E-state index contributed by atoms with van der Waals surface area (Å²) in [5, 5.41) is 6.16. The molecule has 1 aliphatic rings. The van der Waals surface area contributed by atoms with E-state index >= 15 is 0 Å². The van der Waals surface area contributed by atoms with Crippen LogP contribution in [0.25, 0.3) is 0 Å². The summed E-state index contributed by atoms with van der Waals surface area (Å²) in [6.45, 7) is 5.80. The number of rotatable bonds is 4. The number of nitrogens with zero attached hydrogens (tertiary/aromatic N) is 1. The lowest BCUT2D eigenvalue weighted by atomic mass is 10.2. The van der Waals surface area contributed by atoms with Gasteiger partial charge in [0.25, 0.3) is 5.91 Å². The molecule has 19 heavy (non-hydrogen) atoms. The molecule has 2 N–H and O–H groups in total. The highest BCUT2D eigenvalue weighted by molar-refractivity contribution is 5.94. The molecule has 0 bridgehead atoms. The average molecular weight is 263 g/mol. The van der Waals surface area contributed by atoms with Gasteiger partial charge in [-0.1, -0.05) is 0 Å². The number of amides is 1. The second-order valence-electron chi connectivity index (χ2n) is 4.65. The van der Waals surface area contributed by atoms with E-state index in [1.165, 1.54) is 12.8 Å². The van der Waals surface area contributed by atoms with Gasteiger partial charge < -0.3 is 20.3 Å². The summed E-state index contributed by atoms with van der Waals surface area (Å²) >= 11 is 0. The van der Waals surface area contributed by atoms with E-state index in [0.29, 0.717) is 0 Å². The molecule has 1 heterocycles. The van der Waals surface area contributed by atoms with Crippen LogP contribution in [0.1, 0.15) is 6.92 Å². The molecular formula is C14H21N3O2. The molecule has 1 aliphatic heterocycles. The van der Waals surface area contributed by atoms with Gasteiger partial charge in [-0.2, -0.15) is 0 Å². The molecule has 0 saturated carbocycles. The lowest BCUT2D eigenvalue weighted by Gasteiger charge is -2.29. The average Bonchev–Trinajstić information content (AvgIpc) is 2.48. The Balaban J connectivity index is 1.96. The van der Waals surface area contributed by atoms with E-state index in [1.54, 1.807) is 6.92 Å². The maximum atomic E-state index is 11.7. The molecule has 1 fully saturated rings. The first kappa shape index (κ1) is 13.8. The van der Waals surface area contributed by atoms with E-state index in [9.17, 15) is 4.79 Å². The number of piperazine rings is 1. The number of ether oxygens (including phenoxy) is 1. The first-order chi connectivity index (χ1) is 9.20. The molecule has 1 aromatic carbocycles. The van der Waals surface area contributed by atoms with Crippen molar-refractivity contribution < 1.29 is 9.53 Å². The molecule has 104 valence electrons. The second kappa shape index (κ2) is 6.54. The molecule has 2 rings (SSSR count). The van der Waals surface area contributed by atoms with Crippen molar-refractivity contribution in [1.82, 2.24) is 5.32 Å². The van der Waals surface area contributed by atoms with Crippen LogP contribution < -0.4 is 15.5 Å². The SMILES string of the molecule is COC(C)C(=O)Nc1ccc(N2CCNCC2)cc1. The van der Waals surface area contributed by atoms with Crippen LogP contribution in [0.2, 0.25) is 0 Å². The third-order valence-corrected chi connectivity index (χ3v) is 3.34. The minimum Gasteiger partial charge on any atom is -0.372 e. The molecule has 5 heteroatoms. The van der Waals surface area contributed by atoms with Crippen molar-refractivity contribution in [2.75, 3.05) is 43.5 Å². The lowest BCUT2D eigenvalue weighted by molar-refractivity contribution is -0.124. The molecular weight excluding hydrogens is 242 g/mol.